The van der Waals surface area contributed by atoms with Crippen LogP contribution < -0.4 is 11.2 Å². The number of nitrogens with zero attached hydrogens (tertiary/aromatic N) is 1. The third kappa shape index (κ3) is 3.29. The largest absolute Gasteiger partial charge is 0.463 e. The predicted molar refractivity (Wildman–Crippen MR) is 68.7 cm³/mol. The van der Waals surface area contributed by atoms with Crippen LogP contribution in [-0.2, 0) is 0 Å². The summed E-state index contributed by atoms with van der Waals surface area (Å²) in [6.07, 6.45) is 2.89. The van der Waals surface area contributed by atoms with Crippen LogP contribution in [0.5, 0.6) is 0 Å². The molecular weight excluding hydrogens is 246 g/mol. The van der Waals surface area contributed by atoms with Crippen LogP contribution in [0.15, 0.2) is 52.2 Å². The molecule has 0 spiro atoms. The third-order valence-electron chi connectivity index (χ3n) is 2.33. The van der Waals surface area contributed by atoms with Gasteiger partial charge in [0.25, 0.3) is 5.91 Å². The summed E-state index contributed by atoms with van der Waals surface area (Å²) in [6.45, 7) is 0. The number of carbonyl (C=O) groups excluding carboxylic acids is 2. The molecule has 1 aromatic heterocycles. The Bertz CT molecular complexity index is 601. The van der Waals surface area contributed by atoms with E-state index in [0.717, 1.165) is 0 Å². The van der Waals surface area contributed by atoms with Crippen molar-refractivity contribution in [3.05, 3.63) is 59.5 Å². The van der Waals surface area contributed by atoms with Crippen molar-refractivity contribution < 1.29 is 14.0 Å². The highest BCUT2D eigenvalue weighted by Crippen LogP contribution is 2.03. The Morgan fingerprint density at radius 3 is 2.42 bits per heavy atom. The number of benzene rings is 1. The van der Waals surface area contributed by atoms with Crippen molar-refractivity contribution in [3.63, 3.8) is 0 Å². The zero-order valence-electron chi connectivity index (χ0n) is 9.87. The number of hydrogen-bond donors (Lipinski definition) is 2. The Kier molecular flexibility index (Phi) is 3.72. The van der Waals surface area contributed by atoms with Crippen LogP contribution >= 0.6 is 0 Å². The first kappa shape index (κ1) is 12.6. The fourth-order valence-electron chi connectivity index (χ4n) is 1.37. The summed E-state index contributed by atoms with van der Waals surface area (Å²) < 4.78 is 5.01. The van der Waals surface area contributed by atoms with E-state index in [4.69, 9.17) is 10.2 Å². The first-order chi connectivity index (χ1) is 9.16. The van der Waals surface area contributed by atoms with Gasteiger partial charge in [0.15, 0.2) is 0 Å². The lowest BCUT2D eigenvalue weighted by Gasteiger charge is -2.00. The number of nitrogens with two attached hydrogens (primary N) is 1. The van der Waals surface area contributed by atoms with E-state index in [1.807, 2.05) is 0 Å². The van der Waals surface area contributed by atoms with Crippen molar-refractivity contribution in [2.75, 3.05) is 0 Å². The van der Waals surface area contributed by atoms with Crippen LogP contribution in [0.3, 0.4) is 0 Å². The Balaban J connectivity index is 1.98. The molecule has 0 radical (unpaired) electrons. The number of primary amides is 1. The second-order valence-electron chi connectivity index (χ2n) is 3.66. The average Bonchev–Trinajstić information content (AvgIpc) is 2.92. The third-order valence-corrected chi connectivity index (χ3v) is 2.33. The van der Waals surface area contributed by atoms with Gasteiger partial charge in [-0.1, -0.05) is 0 Å². The van der Waals surface area contributed by atoms with Crippen LogP contribution in [0.2, 0.25) is 0 Å². The highest BCUT2D eigenvalue weighted by molar-refractivity contribution is 5.97. The van der Waals surface area contributed by atoms with Crippen molar-refractivity contribution in [2.45, 2.75) is 0 Å². The minimum Gasteiger partial charge on any atom is -0.463 e. The minimum absolute atomic E-state index is 0.343. The molecule has 0 fully saturated rings. The monoisotopic (exact) mass is 257 g/mol. The Morgan fingerprint density at radius 1 is 1.16 bits per heavy atom. The molecule has 19 heavy (non-hydrogen) atoms. The molecule has 96 valence electrons. The van der Waals surface area contributed by atoms with Gasteiger partial charge < -0.3 is 10.2 Å². The van der Waals surface area contributed by atoms with Gasteiger partial charge in [0, 0.05) is 11.1 Å². The number of hydrazone groups is 1. The summed E-state index contributed by atoms with van der Waals surface area (Å²) in [5, 5.41) is 3.74. The topological polar surface area (TPSA) is 97.7 Å². The molecule has 2 aromatic rings. The fourth-order valence-corrected chi connectivity index (χ4v) is 1.37. The van der Waals surface area contributed by atoms with Crippen molar-refractivity contribution >= 4 is 18.0 Å². The van der Waals surface area contributed by atoms with E-state index in [1.165, 1.54) is 36.7 Å². The van der Waals surface area contributed by atoms with Crippen molar-refractivity contribution in [3.8, 4) is 0 Å². The van der Waals surface area contributed by atoms with E-state index in [1.54, 1.807) is 12.1 Å². The molecular formula is C13H11N3O3. The molecule has 0 unspecified atom stereocenters. The van der Waals surface area contributed by atoms with E-state index in [9.17, 15) is 9.59 Å². The zero-order chi connectivity index (χ0) is 13.7. The number of carbonyl (C=O) groups is 2. The lowest BCUT2D eigenvalue weighted by molar-refractivity contribution is 0.0952. The molecule has 6 nitrogen and oxygen atoms in total. The molecule has 0 atom stereocenters. The van der Waals surface area contributed by atoms with Crippen LogP contribution in [0.1, 0.15) is 26.5 Å². The van der Waals surface area contributed by atoms with Crippen molar-refractivity contribution in [2.24, 2.45) is 10.8 Å². The molecule has 1 heterocycles. The van der Waals surface area contributed by atoms with Crippen molar-refractivity contribution in [1.29, 1.82) is 0 Å². The Hall–Kier alpha value is -2.89. The summed E-state index contributed by atoms with van der Waals surface area (Å²) in [6, 6.07) is 9.37. The number of rotatable bonds is 4. The predicted octanol–water partition coefficient (Wildman–Crippen LogP) is 1.14. The number of nitrogens with one attached hydrogen (secondary N) is 1. The summed E-state index contributed by atoms with van der Waals surface area (Å²) in [7, 11) is 0. The lowest BCUT2D eigenvalue weighted by atomic mass is 10.1. The zero-order valence-corrected chi connectivity index (χ0v) is 9.87. The molecule has 0 aliphatic heterocycles. The summed E-state index contributed by atoms with van der Waals surface area (Å²) in [4.78, 5) is 22.6. The van der Waals surface area contributed by atoms with E-state index in [0.29, 0.717) is 16.9 Å². The van der Waals surface area contributed by atoms with Gasteiger partial charge in [-0.25, -0.2) is 5.43 Å². The lowest BCUT2D eigenvalue weighted by Crippen LogP contribution is -2.18. The van der Waals surface area contributed by atoms with Crippen LogP contribution in [0, 0.1) is 0 Å². The molecule has 0 bridgehead atoms. The molecule has 3 N–H and O–H groups in total. The maximum atomic E-state index is 11.7. The maximum absolute atomic E-state index is 11.7. The summed E-state index contributed by atoms with van der Waals surface area (Å²) >= 11 is 0. The first-order valence-electron chi connectivity index (χ1n) is 5.43. The standard InChI is InChI=1S/C13H11N3O3/c14-12(17)9-3-5-10(6-4-9)13(18)16-15-8-11-2-1-7-19-11/h1-8H,(H2,14,17)(H,16,18)/b15-8+. The molecule has 6 heteroatoms. The van der Waals surface area contributed by atoms with Gasteiger partial charge in [0.1, 0.15) is 5.76 Å². The summed E-state index contributed by atoms with van der Waals surface area (Å²) in [5.74, 6) is -0.397. The van der Waals surface area contributed by atoms with Gasteiger partial charge in [-0.15, -0.1) is 0 Å². The van der Waals surface area contributed by atoms with Gasteiger partial charge >= 0.3 is 0 Å². The minimum atomic E-state index is -0.539. The van der Waals surface area contributed by atoms with Crippen LogP contribution in [0.4, 0.5) is 0 Å². The second-order valence-corrected chi connectivity index (χ2v) is 3.66. The van der Waals surface area contributed by atoms with Crippen LogP contribution in [0.25, 0.3) is 0 Å². The first-order valence-corrected chi connectivity index (χ1v) is 5.43. The Morgan fingerprint density at radius 2 is 1.84 bits per heavy atom. The number of furan rings is 1. The van der Waals surface area contributed by atoms with Crippen molar-refractivity contribution in [1.82, 2.24) is 5.43 Å². The van der Waals surface area contributed by atoms with E-state index >= 15 is 0 Å². The van der Waals surface area contributed by atoms with Crippen LogP contribution in [-0.4, -0.2) is 18.0 Å². The number of hydrogen-bond acceptors (Lipinski definition) is 4. The van der Waals surface area contributed by atoms with Gasteiger partial charge in [-0.2, -0.15) is 5.10 Å². The van der Waals surface area contributed by atoms with Gasteiger partial charge in [0.05, 0.1) is 12.5 Å². The quantitative estimate of drug-likeness (QED) is 0.634. The van der Waals surface area contributed by atoms with E-state index < -0.39 is 5.91 Å². The number of amides is 2. The average molecular weight is 257 g/mol. The van der Waals surface area contributed by atoms with Gasteiger partial charge in [-0.3, -0.25) is 9.59 Å². The molecule has 2 amide bonds. The van der Waals surface area contributed by atoms with Gasteiger partial charge in [0.2, 0.25) is 5.91 Å². The highest BCUT2D eigenvalue weighted by atomic mass is 16.3. The SMILES string of the molecule is NC(=O)c1ccc(C(=O)N/N=C/c2ccco2)cc1. The molecule has 0 aliphatic rings. The normalized spacial score (nSPS) is 10.5. The molecule has 0 aliphatic carbocycles. The van der Waals surface area contributed by atoms with E-state index in [-0.39, 0.29) is 5.91 Å². The fraction of sp³-hybridized carbons (Fsp3) is 0. The molecule has 0 saturated heterocycles. The second kappa shape index (κ2) is 5.63. The summed E-state index contributed by atoms with van der Waals surface area (Å²) in [5.41, 5.74) is 8.16. The smallest absolute Gasteiger partial charge is 0.271 e. The maximum Gasteiger partial charge on any atom is 0.271 e. The van der Waals surface area contributed by atoms with Gasteiger partial charge in [-0.05, 0) is 36.4 Å². The van der Waals surface area contributed by atoms with E-state index in [2.05, 4.69) is 10.5 Å². The molecule has 1 aromatic carbocycles. The molecule has 2 rings (SSSR count). The highest BCUT2D eigenvalue weighted by Gasteiger charge is 2.05. The molecule has 0 saturated carbocycles. The Labute approximate surface area is 108 Å².